The number of benzene rings is 2. The van der Waals surface area contributed by atoms with E-state index in [2.05, 4.69) is 27.0 Å². The Morgan fingerprint density at radius 1 is 1.10 bits per heavy atom. The minimum atomic E-state index is -3.65. The number of anilines is 1. The van der Waals surface area contributed by atoms with E-state index >= 15 is 0 Å². The van der Waals surface area contributed by atoms with Gasteiger partial charge < -0.3 is 5.11 Å². The van der Waals surface area contributed by atoms with Gasteiger partial charge in [0.2, 0.25) is 0 Å². The average molecular weight is 479 g/mol. The Kier molecular flexibility index (Phi) is 7.13. The highest BCUT2D eigenvalue weighted by atomic mass is 35.5. The number of nitrogens with one attached hydrogen (secondary N) is 2. The van der Waals surface area contributed by atoms with Crippen molar-refractivity contribution in [1.82, 2.24) is 4.72 Å². The fraction of sp³-hybridized carbons (Fsp3) is 0.304. The molecular weight excluding hydrogens is 452 g/mol. The molecule has 5 nitrogen and oxygen atoms in total. The van der Waals surface area contributed by atoms with Gasteiger partial charge in [0.05, 0.1) is 17.3 Å². The highest BCUT2D eigenvalue weighted by Crippen LogP contribution is 2.38. The molecule has 3 rings (SSSR count). The summed E-state index contributed by atoms with van der Waals surface area (Å²) in [7, 11) is -3.65. The molecule has 0 atom stereocenters. The zero-order valence-electron chi connectivity index (χ0n) is 17.9. The molecule has 1 aromatic heterocycles. The van der Waals surface area contributed by atoms with Gasteiger partial charge in [-0.15, -0.1) is 11.3 Å². The van der Waals surface area contributed by atoms with Crippen LogP contribution in [0.15, 0.2) is 53.9 Å². The van der Waals surface area contributed by atoms with Gasteiger partial charge >= 0.3 is 0 Å². The number of aliphatic hydroxyl groups excluding tert-OH is 1. The number of hydrogen-bond acceptors (Lipinski definition) is 4. The molecule has 1 heterocycles. The standard InChI is InChI=1S/C23H27ClN2O3S2/c1-15(2)25-31(28,29)26-19-8-9-20(21(24)12-19)22-11-17(13-30-22)16-6-5-7-18(10-16)23(3,4)14-27/h5-13,15,25-27H,14H2,1-4H3. The Morgan fingerprint density at radius 2 is 1.84 bits per heavy atom. The summed E-state index contributed by atoms with van der Waals surface area (Å²) >= 11 is 8.05. The Hall–Kier alpha value is -1.90. The van der Waals surface area contributed by atoms with Crippen LogP contribution in [0.1, 0.15) is 33.3 Å². The highest BCUT2D eigenvalue weighted by Gasteiger charge is 2.20. The molecule has 2 aromatic carbocycles. The van der Waals surface area contributed by atoms with E-state index in [9.17, 15) is 13.5 Å². The van der Waals surface area contributed by atoms with Crippen molar-refractivity contribution in [2.45, 2.75) is 39.2 Å². The predicted molar refractivity (Wildman–Crippen MR) is 131 cm³/mol. The van der Waals surface area contributed by atoms with Gasteiger partial charge in [0, 0.05) is 21.9 Å². The third-order valence-electron chi connectivity index (χ3n) is 4.85. The lowest BCUT2D eigenvalue weighted by Crippen LogP contribution is -2.35. The first-order valence-electron chi connectivity index (χ1n) is 9.91. The summed E-state index contributed by atoms with van der Waals surface area (Å²) in [4.78, 5) is 0.988. The van der Waals surface area contributed by atoms with Gasteiger partial charge in [0.25, 0.3) is 10.2 Å². The molecule has 0 unspecified atom stereocenters. The molecule has 0 aliphatic carbocycles. The first-order chi connectivity index (χ1) is 14.5. The van der Waals surface area contributed by atoms with Crippen LogP contribution in [0.4, 0.5) is 5.69 Å². The summed E-state index contributed by atoms with van der Waals surface area (Å²) < 4.78 is 29.1. The van der Waals surface area contributed by atoms with Gasteiger partial charge in [-0.05, 0) is 60.2 Å². The molecule has 0 spiro atoms. The summed E-state index contributed by atoms with van der Waals surface area (Å²) in [5.41, 5.74) is 4.14. The summed E-state index contributed by atoms with van der Waals surface area (Å²) in [6.07, 6.45) is 0. The van der Waals surface area contributed by atoms with Crippen molar-refractivity contribution in [3.8, 4) is 21.6 Å². The predicted octanol–water partition coefficient (Wildman–Crippen LogP) is 5.66. The summed E-state index contributed by atoms with van der Waals surface area (Å²) in [6.45, 7) is 7.60. The molecule has 0 saturated heterocycles. The fourth-order valence-electron chi connectivity index (χ4n) is 3.11. The number of rotatable bonds is 8. The normalized spacial score (nSPS) is 12.4. The molecule has 0 aliphatic rings. The van der Waals surface area contributed by atoms with Crippen LogP contribution < -0.4 is 9.44 Å². The van der Waals surface area contributed by atoms with E-state index in [-0.39, 0.29) is 18.1 Å². The van der Waals surface area contributed by atoms with Crippen LogP contribution in [0.5, 0.6) is 0 Å². The number of thiophene rings is 1. The third-order valence-corrected chi connectivity index (χ3v) is 7.41. The van der Waals surface area contributed by atoms with Crippen molar-refractivity contribution in [3.05, 3.63) is 64.5 Å². The summed E-state index contributed by atoms with van der Waals surface area (Å²) in [5.74, 6) is 0. The van der Waals surface area contributed by atoms with Crippen LogP contribution >= 0.6 is 22.9 Å². The number of aliphatic hydroxyl groups is 1. The molecule has 0 radical (unpaired) electrons. The molecule has 31 heavy (non-hydrogen) atoms. The van der Waals surface area contributed by atoms with Crippen LogP contribution in [0.2, 0.25) is 5.02 Å². The fourth-order valence-corrected chi connectivity index (χ4v) is 5.53. The second-order valence-corrected chi connectivity index (χ2v) is 11.2. The maximum atomic E-state index is 12.1. The quantitative estimate of drug-likeness (QED) is 0.391. The Morgan fingerprint density at radius 3 is 2.48 bits per heavy atom. The van der Waals surface area contributed by atoms with Gasteiger partial charge in [-0.3, -0.25) is 4.72 Å². The van der Waals surface area contributed by atoms with E-state index in [0.717, 1.165) is 27.1 Å². The zero-order valence-corrected chi connectivity index (χ0v) is 20.3. The average Bonchev–Trinajstić information content (AvgIpc) is 3.16. The maximum absolute atomic E-state index is 12.1. The molecule has 3 N–H and O–H groups in total. The van der Waals surface area contributed by atoms with E-state index < -0.39 is 10.2 Å². The van der Waals surface area contributed by atoms with Crippen molar-refractivity contribution in [2.75, 3.05) is 11.3 Å². The van der Waals surface area contributed by atoms with Crippen LogP contribution in [0.3, 0.4) is 0 Å². The molecule has 0 saturated carbocycles. The molecule has 166 valence electrons. The van der Waals surface area contributed by atoms with Crippen LogP contribution in [-0.2, 0) is 15.6 Å². The Balaban J connectivity index is 1.86. The SMILES string of the molecule is CC(C)NS(=O)(=O)Nc1ccc(-c2cc(-c3cccc(C(C)(C)CO)c3)cs2)c(Cl)c1. The summed E-state index contributed by atoms with van der Waals surface area (Å²) in [6, 6.07) is 15.2. The summed E-state index contributed by atoms with van der Waals surface area (Å²) in [5, 5.41) is 12.2. The van der Waals surface area contributed by atoms with Crippen LogP contribution in [0, 0.1) is 0 Å². The molecule has 0 fully saturated rings. The van der Waals surface area contributed by atoms with Gasteiger partial charge in [-0.25, -0.2) is 0 Å². The van der Waals surface area contributed by atoms with Crippen LogP contribution in [0.25, 0.3) is 21.6 Å². The van der Waals surface area contributed by atoms with Gasteiger partial charge in [0.15, 0.2) is 0 Å². The lowest BCUT2D eigenvalue weighted by Gasteiger charge is -2.22. The molecule has 0 aliphatic heterocycles. The molecular formula is C23H27ClN2O3S2. The van der Waals surface area contributed by atoms with E-state index in [4.69, 9.17) is 11.6 Å². The van der Waals surface area contributed by atoms with E-state index in [1.165, 1.54) is 0 Å². The third kappa shape index (κ3) is 5.87. The maximum Gasteiger partial charge on any atom is 0.299 e. The largest absolute Gasteiger partial charge is 0.395 e. The number of hydrogen-bond donors (Lipinski definition) is 3. The second-order valence-electron chi connectivity index (χ2n) is 8.40. The second kappa shape index (κ2) is 9.30. The molecule has 8 heteroatoms. The first kappa shape index (κ1) is 23.8. The minimum Gasteiger partial charge on any atom is -0.395 e. The van der Waals surface area contributed by atoms with Crippen molar-refractivity contribution >= 4 is 38.8 Å². The van der Waals surface area contributed by atoms with Crippen LogP contribution in [-0.4, -0.2) is 26.2 Å². The molecule has 3 aromatic rings. The highest BCUT2D eigenvalue weighted by molar-refractivity contribution is 7.90. The van der Waals surface area contributed by atoms with Crippen molar-refractivity contribution < 1.29 is 13.5 Å². The van der Waals surface area contributed by atoms with Gasteiger partial charge in [0.1, 0.15) is 0 Å². The van der Waals surface area contributed by atoms with Gasteiger partial charge in [-0.2, -0.15) is 13.1 Å². The van der Waals surface area contributed by atoms with Crippen molar-refractivity contribution in [2.24, 2.45) is 0 Å². The van der Waals surface area contributed by atoms with Gasteiger partial charge in [-0.1, -0.05) is 49.7 Å². The molecule has 0 amide bonds. The molecule has 0 bridgehead atoms. The zero-order chi connectivity index (χ0) is 22.8. The smallest absolute Gasteiger partial charge is 0.299 e. The van der Waals surface area contributed by atoms with Crippen molar-refractivity contribution in [1.29, 1.82) is 0 Å². The topological polar surface area (TPSA) is 78.4 Å². The number of halogens is 1. The lowest BCUT2D eigenvalue weighted by atomic mass is 9.84. The van der Waals surface area contributed by atoms with E-state index in [1.807, 2.05) is 38.1 Å². The first-order valence-corrected chi connectivity index (χ1v) is 12.6. The Labute approximate surface area is 193 Å². The van der Waals surface area contributed by atoms with E-state index in [0.29, 0.717) is 10.7 Å². The van der Waals surface area contributed by atoms with Crippen molar-refractivity contribution in [3.63, 3.8) is 0 Å². The minimum absolute atomic E-state index is 0.0732. The van der Waals surface area contributed by atoms with E-state index in [1.54, 1.807) is 37.3 Å². The lowest BCUT2D eigenvalue weighted by molar-refractivity contribution is 0.218. The Bertz CT molecular complexity index is 1170. The monoisotopic (exact) mass is 478 g/mol.